The van der Waals surface area contributed by atoms with Crippen LogP contribution < -0.4 is 26.2 Å². The van der Waals surface area contributed by atoms with E-state index in [9.17, 15) is 0 Å². The molecule has 6 heteroatoms. The molecule has 3 heterocycles. The Morgan fingerprint density at radius 1 is 0.253 bits per heavy atom. The standard InChI is InChI=1S/C73H46BN5/c1-5-17-47(18-6-1)49-29-35-60(36-30-49)78-66-45-59(73-76-71(51-21-9-3-10-22-51)75-72(77-73)52-23-11-4-12-24-52)46-67-68(66)74(64-39-33-57-41-53-25-13-15-27-55(53)43-62(57)69(64)78)65-40-34-58-42-54-26-14-16-28-56(54)44-63(58)70(65)79(67)61-37-31-50(32-38-61)48-19-7-2-8-20-48/h1-46H. The highest BCUT2D eigenvalue weighted by Gasteiger charge is 2.45. The minimum atomic E-state index is -0.159. The molecule has 13 aromatic carbocycles. The monoisotopic (exact) mass is 1000 g/mol. The number of rotatable bonds is 7. The van der Waals surface area contributed by atoms with Crippen molar-refractivity contribution in [2.24, 2.45) is 0 Å². The Hall–Kier alpha value is -10.4. The topological polar surface area (TPSA) is 45.2 Å². The number of nitrogens with zero attached hydrogens (tertiary/aromatic N) is 5. The van der Waals surface area contributed by atoms with Crippen molar-refractivity contribution in [3.05, 3.63) is 279 Å². The van der Waals surface area contributed by atoms with Crippen molar-refractivity contribution < 1.29 is 0 Å². The molecule has 14 aromatic rings. The highest BCUT2D eigenvalue weighted by molar-refractivity contribution is 7.00. The number of aromatic nitrogens is 3. The second-order valence-electron chi connectivity index (χ2n) is 20.7. The summed E-state index contributed by atoms with van der Waals surface area (Å²) in [7, 11) is 0. The van der Waals surface area contributed by atoms with Crippen LogP contribution in [0.25, 0.3) is 99.5 Å². The van der Waals surface area contributed by atoms with Crippen LogP contribution >= 0.6 is 0 Å². The van der Waals surface area contributed by atoms with Crippen LogP contribution in [0, 0.1) is 0 Å². The number of benzene rings is 13. The molecule has 366 valence electrons. The van der Waals surface area contributed by atoms with E-state index in [1.807, 2.05) is 36.4 Å². The van der Waals surface area contributed by atoms with Gasteiger partial charge in [0.1, 0.15) is 0 Å². The molecule has 0 spiro atoms. The molecule has 1 aromatic heterocycles. The quantitative estimate of drug-likeness (QED) is 0.118. The molecule has 5 nitrogen and oxygen atoms in total. The molecule has 0 radical (unpaired) electrons. The Balaban J connectivity index is 1.04. The van der Waals surface area contributed by atoms with Crippen molar-refractivity contribution >= 4 is 100 Å². The number of fused-ring (bicyclic) bond motifs is 10. The molecule has 0 atom stereocenters. The van der Waals surface area contributed by atoms with Crippen molar-refractivity contribution in [1.29, 1.82) is 0 Å². The van der Waals surface area contributed by atoms with Crippen molar-refractivity contribution in [2.45, 2.75) is 0 Å². The van der Waals surface area contributed by atoms with Gasteiger partial charge in [-0.2, -0.15) is 0 Å². The van der Waals surface area contributed by atoms with Crippen LogP contribution in [0.2, 0.25) is 0 Å². The lowest BCUT2D eigenvalue weighted by Crippen LogP contribution is -2.61. The number of hydrogen-bond acceptors (Lipinski definition) is 5. The maximum absolute atomic E-state index is 5.44. The molecule has 2 aliphatic rings. The van der Waals surface area contributed by atoms with Crippen LogP contribution in [-0.4, -0.2) is 21.7 Å². The fourth-order valence-electron chi connectivity index (χ4n) is 12.5. The first-order chi connectivity index (χ1) is 39.1. The van der Waals surface area contributed by atoms with E-state index >= 15 is 0 Å². The first-order valence-corrected chi connectivity index (χ1v) is 27.0. The summed E-state index contributed by atoms with van der Waals surface area (Å²) >= 11 is 0. The highest BCUT2D eigenvalue weighted by Crippen LogP contribution is 2.50. The average Bonchev–Trinajstić information content (AvgIpc) is 3.71. The Bertz CT molecular complexity index is 4410. The van der Waals surface area contributed by atoms with Crippen LogP contribution in [0.15, 0.2) is 279 Å². The second-order valence-corrected chi connectivity index (χ2v) is 20.7. The first-order valence-electron chi connectivity index (χ1n) is 27.0. The van der Waals surface area contributed by atoms with E-state index in [-0.39, 0.29) is 6.71 Å². The minimum absolute atomic E-state index is 0.159. The fourth-order valence-corrected chi connectivity index (χ4v) is 12.5. The molecule has 0 aliphatic carbocycles. The van der Waals surface area contributed by atoms with E-state index in [1.54, 1.807) is 0 Å². The maximum atomic E-state index is 5.44. The zero-order valence-corrected chi connectivity index (χ0v) is 42.9. The Morgan fingerprint density at radius 3 is 0.975 bits per heavy atom. The van der Waals surface area contributed by atoms with E-state index in [1.165, 1.54) is 70.6 Å². The predicted molar refractivity (Wildman–Crippen MR) is 331 cm³/mol. The maximum Gasteiger partial charge on any atom is 0.252 e. The third-order valence-corrected chi connectivity index (χ3v) is 16.2. The summed E-state index contributed by atoms with van der Waals surface area (Å²) in [5.74, 6) is 1.81. The molecule has 0 bridgehead atoms. The molecule has 0 N–H and O–H groups in total. The van der Waals surface area contributed by atoms with Gasteiger partial charge in [-0.15, -0.1) is 0 Å². The minimum Gasteiger partial charge on any atom is -0.311 e. The van der Waals surface area contributed by atoms with Gasteiger partial charge in [0, 0.05) is 61.6 Å². The molecule has 79 heavy (non-hydrogen) atoms. The van der Waals surface area contributed by atoms with Gasteiger partial charge in [0.25, 0.3) is 6.71 Å². The number of hydrogen-bond donors (Lipinski definition) is 0. The van der Waals surface area contributed by atoms with E-state index < -0.39 is 0 Å². The van der Waals surface area contributed by atoms with Crippen LogP contribution in [-0.2, 0) is 0 Å². The van der Waals surface area contributed by atoms with Crippen molar-refractivity contribution in [3.63, 3.8) is 0 Å². The highest BCUT2D eigenvalue weighted by atomic mass is 15.2. The summed E-state index contributed by atoms with van der Waals surface area (Å²) in [6.07, 6.45) is 0. The Labute approximate surface area is 458 Å². The van der Waals surface area contributed by atoms with E-state index in [0.717, 1.165) is 61.9 Å². The largest absolute Gasteiger partial charge is 0.311 e. The molecular formula is C73H46BN5. The SMILES string of the molecule is c1ccc(-c2ccc(N3c4cc(-c5nc(-c6ccccc6)nc(-c6ccccc6)n5)cc5c4B(c4ccc6cc7ccccc7cc6c43)c3ccc4cc6ccccc6cc4c3N5c3ccc(-c4ccccc4)cc3)cc2)cc1. The van der Waals surface area contributed by atoms with Gasteiger partial charge in [0.05, 0.1) is 0 Å². The van der Waals surface area contributed by atoms with Gasteiger partial charge in [-0.25, -0.2) is 15.0 Å². The predicted octanol–water partition coefficient (Wildman–Crippen LogP) is 16.9. The Morgan fingerprint density at radius 2 is 0.582 bits per heavy atom. The van der Waals surface area contributed by atoms with Crippen LogP contribution in [0.5, 0.6) is 0 Å². The second kappa shape index (κ2) is 18.1. The van der Waals surface area contributed by atoms with Crippen molar-refractivity contribution in [2.75, 3.05) is 9.80 Å². The van der Waals surface area contributed by atoms with E-state index in [2.05, 4.69) is 252 Å². The first kappa shape index (κ1) is 44.8. The molecule has 0 amide bonds. The zero-order valence-electron chi connectivity index (χ0n) is 42.9. The summed E-state index contributed by atoms with van der Waals surface area (Å²) in [6.45, 7) is -0.159. The lowest BCUT2D eigenvalue weighted by Gasteiger charge is -2.45. The van der Waals surface area contributed by atoms with Gasteiger partial charge in [0.2, 0.25) is 0 Å². The Kier molecular flexibility index (Phi) is 10.3. The van der Waals surface area contributed by atoms with Gasteiger partial charge in [-0.05, 0) is 132 Å². The molecule has 0 saturated heterocycles. The summed E-state index contributed by atoms with van der Waals surface area (Å²) in [5.41, 5.74) is 17.6. The number of anilines is 6. The average molecular weight is 1000 g/mol. The van der Waals surface area contributed by atoms with Gasteiger partial charge in [0.15, 0.2) is 17.5 Å². The van der Waals surface area contributed by atoms with Gasteiger partial charge < -0.3 is 9.80 Å². The summed E-state index contributed by atoms with van der Waals surface area (Å²) < 4.78 is 0. The third kappa shape index (κ3) is 7.44. The van der Waals surface area contributed by atoms with Gasteiger partial charge >= 0.3 is 0 Å². The van der Waals surface area contributed by atoms with Gasteiger partial charge in [-0.3, -0.25) is 0 Å². The molecule has 0 fully saturated rings. The summed E-state index contributed by atoms with van der Waals surface area (Å²) in [4.78, 5) is 21.1. The summed E-state index contributed by atoms with van der Waals surface area (Å²) in [5, 5.41) is 9.55. The van der Waals surface area contributed by atoms with Crippen LogP contribution in [0.4, 0.5) is 34.1 Å². The van der Waals surface area contributed by atoms with E-state index in [4.69, 9.17) is 15.0 Å². The lowest BCUT2D eigenvalue weighted by molar-refractivity contribution is 1.07. The molecule has 0 unspecified atom stereocenters. The molecule has 2 aliphatic heterocycles. The van der Waals surface area contributed by atoms with E-state index in [0.29, 0.717) is 17.5 Å². The van der Waals surface area contributed by atoms with Crippen molar-refractivity contribution in [1.82, 2.24) is 15.0 Å². The summed E-state index contributed by atoms with van der Waals surface area (Å²) in [6, 6.07) is 101. The van der Waals surface area contributed by atoms with Crippen molar-refractivity contribution in [3.8, 4) is 56.4 Å². The normalized spacial score (nSPS) is 12.5. The third-order valence-electron chi connectivity index (χ3n) is 16.2. The van der Waals surface area contributed by atoms with Gasteiger partial charge in [-0.1, -0.05) is 218 Å². The van der Waals surface area contributed by atoms with Crippen LogP contribution in [0.1, 0.15) is 0 Å². The lowest BCUT2D eigenvalue weighted by atomic mass is 9.33. The smallest absolute Gasteiger partial charge is 0.252 e. The molecule has 16 rings (SSSR count). The fraction of sp³-hybridized carbons (Fsp3) is 0. The zero-order chi connectivity index (χ0) is 52.0. The molecular weight excluding hydrogens is 958 g/mol. The van der Waals surface area contributed by atoms with Crippen LogP contribution in [0.3, 0.4) is 0 Å². The molecule has 0 saturated carbocycles.